The van der Waals surface area contributed by atoms with E-state index in [0.717, 1.165) is 0 Å². The highest BCUT2D eigenvalue weighted by Gasteiger charge is 2.22. The summed E-state index contributed by atoms with van der Waals surface area (Å²) in [6.07, 6.45) is 5.38. The number of ether oxygens (including phenoxy) is 1. The molecule has 0 bridgehead atoms. The van der Waals surface area contributed by atoms with Gasteiger partial charge in [-0.25, -0.2) is 4.39 Å². The monoisotopic (exact) mass is 192 g/mol. The standard InChI is InChI=1S/C12H13FO/c1-5-12(2,3)10-8-9(13)6-7-11(10)14-4/h1,6-8H,2-4H3. The molecule has 1 rings (SSSR count). The van der Waals surface area contributed by atoms with Crippen LogP contribution in [0.5, 0.6) is 5.75 Å². The molecule has 0 aliphatic rings. The molecule has 0 fully saturated rings. The van der Waals surface area contributed by atoms with Crippen molar-refractivity contribution in [1.82, 2.24) is 0 Å². The molecule has 0 aliphatic carbocycles. The van der Waals surface area contributed by atoms with E-state index in [-0.39, 0.29) is 5.82 Å². The number of terminal acetylenes is 1. The minimum atomic E-state index is -0.520. The Kier molecular flexibility index (Phi) is 2.81. The van der Waals surface area contributed by atoms with E-state index in [1.165, 1.54) is 12.1 Å². The van der Waals surface area contributed by atoms with Crippen LogP contribution in [0.15, 0.2) is 18.2 Å². The van der Waals surface area contributed by atoms with Gasteiger partial charge in [-0.2, -0.15) is 0 Å². The molecule has 0 atom stereocenters. The van der Waals surface area contributed by atoms with E-state index >= 15 is 0 Å². The summed E-state index contributed by atoms with van der Waals surface area (Å²) in [5.41, 5.74) is 0.176. The first kappa shape index (κ1) is 10.6. The topological polar surface area (TPSA) is 9.23 Å². The Labute approximate surface area is 83.9 Å². The van der Waals surface area contributed by atoms with Gasteiger partial charge in [-0.3, -0.25) is 0 Å². The lowest BCUT2D eigenvalue weighted by Gasteiger charge is -2.20. The molecule has 0 aromatic heterocycles. The van der Waals surface area contributed by atoms with Crippen LogP contribution in [0.1, 0.15) is 19.4 Å². The van der Waals surface area contributed by atoms with Gasteiger partial charge in [0.1, 0.15) is 11.6 Å². The molecule has 0 radical (unpaired) electrons. The highest BCUT2D eigenvalue weighted by molar-refractivity contribution is 5.43. The van der Waals surface area contributed by atoms with Gasteiger partial charge >= 0.3 is 0 Å². The molecule has 14 heavy (non-hydrogen) atoms. The van der Waals surface area contributed by atoms with E-state index in [9.17, 15) is 4.39 Å². The number of hydrogen-bond donors (Lipinski definition) is 0. The van der Waals surface area contributed by atoms with Crippen LogP contribution in [0.3, 0.4) is 0 Å². The first-order valence-electron chi connectivity index (χ1n) is 4.33. The van der Waals surface area contributed by atoms with Crippen LogP contribution in [0.25, 0.3) is 0 Å². The lowest BCUT2D eigenvalue weighted by molar-refractivity contribution is 0.401. The minimum Gasteiger partial charge on any atom is -0.496 e. The van der Waals surface area contributed by atoms with Gasteiger partial charge in [0.05, 0.1) is 12.5 Å². The van der Waals surface area contributed by atoms with Gasteiger partial charge in [-0.05, 0) is 32.0 Å². The third-order valence-corrected chi connectivity index (χ3v) is 2.20. The van der Waals surface area contributed by atoms with Crippen molar-refractivity contribution >= 4 is 0 Å². The molecule has 0 aliphatic heterocycles. The van der Waals surface area contributed by atoms with Gasteiger partial charge in [-0.1, -0.05) is 5.92 Å². The summed E-state index contributed by atoms with van der Waals surface area (Å²) in [4.78, 5) is 0. The van der Waals surface area contributed by atoms with Crippen molar-refractivity contribution in [3.8, 4) is 18.1 Å². The maximum absolute atomic E-state index is 13.0. The van der Waals surface area contributed by atoms with Gasteiger partial charge in [0.25, 0.3) is 0 Å². The molecule has 0 saturated carbocycles. The van der Waals surface area contributed by atoms with Gasteiger partial charge in [0.15, 0.2) is 0 Å². The van der Waals surface area contributed by atoms with Gasteiger partial charge in [0, 0.05) is 5.56 Å². The summed E-state index contributed by atoms with van der Waals surface area (Å²) in [5, 5.41) is 0. The number of halogens is 1. The Morgan fingerprint density at radius 3 is 2.57 bits per heavy atom. The van der Waals surface area contributed by atoms with Crippen LogP contribution in [0.2, 0.25) is 0 Å². The lowest BCUT2D eigenvalue weighted by atomic mass is 9.85. The molecule has 1 aromatic rings. The van der Waals surface area contributed by atoms with Crippen LogP contribution in [-0.4, -0.2) is 7.11 Å². The van der Waals surface area contributed by atoms with E-state index in [4.69, 9.17) is 11.2 Å². The number of benzene rings is 1. The lowest BCUT2D eigenvalue weighted by Crippen LogP contribution is -2.15. The van der Waals surface area contributed by atoms with Gasteiger partial charge in [-0.15, -0.1) is 6.42 Å². The summed E-state index contributed by atoms with van der Waals surface area (Å²) in [7, 11) is 1.54. The first-order chi connectivity index (χ1) is 6.51. The first-order valence-corrected chi connectivity index (χ1v) is 4.33. The summed E-state index contributed by atoms with van der Waals surface area (Å²) in [5.74, 6) is 2.93. The SMILES string of the molecule is C#CC(C)(C)c1cc(F)ccc1OC. The van der Waals surface area contributed by atoms with Gasteiger partial charge in [0.2, 0.25) is 0 Å². The zero-order chi connectivity index (χ0) is 10.8. The average molecular weight is 192 g/mol. The fourth-order valence-corrected chi connectivity index (χ4v) is 1.25. The van der Waals surface area contributed by atoms with Gasteiger partial charge < -0.3 is 4.74 Å². The predicted octanol–water partition coefficient (Wildman–Crippen LogP) is 2.75. The van der Waals surface area contributed by atoms with Crippen molar-refractivity contribution in [3.63, 3.8) is 0 Å². The predicted molar refractivity (Wildman–Crippen MR) is 54.8 cm³/mol. The highest BCUT2D eigenvalue weighted by atomic mass is 19.1. The summed E-state index contributed by atoms with van der Waals surface area (Å²) in [6, 6.07) is 4.36. The Morgan fingerprint density at radius 2 is 2.07 bits per heavy atom. The summed E-state index contributed by atoms with van der Waals surface area (Å²) < 4.78 is 18.2. The second kappa shape index (κ2) is 3.71. The van der Waals surface area contributed by atoms with Crippen molar-refractivity contribution in [2.45, 2.75) is 19.3 Å². The van der Waals surface area contributed by atoms with Crippen LogP contribution in [-0.2, 0) is 5.41 Å². The largest absolute Gasteiger partial charge is 0.496 e. The quantitative estimate of drug-likeness (QED) is 0.655. The molecule has 0 N–H and O–H groups in total. The van der Waals surface area contributed by atoms with Crippen molar-refractivity contribution in [2.75, 3.05) is 7.11 Å². The van der Waals surface area contributed by atoms with Crippen LogP contribution < -0.4 is 4.74 Å². The fraction of sp³-hybridized carbons (Fsp3) is 0.333. The molecular weight excluding hydrogens is 179 g/mol. The van der Waals surface area contributed by atoms with Crippen molar-refractivity contribution in [1.29, 1.82) is 0 Å². The maximum Gasteiger partial charge on any atom is 0.123 e. The van der Waals surface area contributed by atoms with Crippen LogP contribution in [0, 0.1) is 18.2 Å². The normalized spacial score (nSPS) is 10.8. The van der Waals surface area contributed by atoms with E-state index in [1.807, 2.05) is 13.8 Å². The van der Waals surface area contributed by atoms with Crippen molar-refractivity contribution in [3.05, 3.63) is 29.6 Å². The maximum atomic E-state index is 13.0. The molecule has 0 amide bonds. The van der Waals surface area contributed by atoms with Crippen LogP contribution >= 0.6 is 0 Å². The van der Waals surface area contributed by atoms with Crippen molar-refractivity contribution < 1.29 is 9.13 Å². The minimum absolute atomic E-state index is 0.302. The molecule has 0 unspecified atom stereocenters. The third kappa shape index (κ3) is 1.88. The molecule has 2 heteroatoms. The smallest absolute Gasteiger partial charge is 0.123 e. The Morgan fingerprint density at radius 1 is 1.43 bits per heavy atom. The van der Waals surface area contributed by atoms with E-state index in [1.54, 1.807) is 13.2 Å². The molecule has 1 nitrogen and oxygen atoms in total. The van der Waals surface area contributed by atoms with Crippen LogP contribution in [0.4, 0.5) is 4.39 Å². The number of methoxy groups -OCH3 is 1. The number of rotatable bonds is 2. The zero-order valence-corrected chi connectivity index (χ0v) is 8.60. The number of hydrogen-bond acceptors (Lipinski definition) is 1. The fourth-order valence-electron chi connectivity index (χ4n) is 1.25. The molecule has 74 valence electrons. The van der Waals surface area contributed by atoms with E-state index < -0.39 is 5.41 Å². The Hall–Kier alpha value is -1.49. The molecule has 0 saturated heterocycles. The highest BCUT2D eigenvalue weighted by Crippen LogP contribution is 2.31. The molecule has 0 heterocycles. The molecule has 1 aromatic carbocycles. The van der Waals surface area contributed by atoms with E-state index in [2.05, 4.69) is 5.92 Å². The Balaban J connectivity index is 3.32. The van der Waals surface area contributed by atoms with E-state index in [0.29, 0.717) is 11.3 Å². The Bertz CT molecular complexity index is 374. The molecule has 0 spiro atoms. The molecular formula is C12H13FO. The average Bonchev–Trinajstić information content (AvgIpc) is 2.18. The third-order valence-electron chi connectivity index (χ3n) is 2.20. The summed E-state index contributed by atoms with van der Waals surface area (Å²) >= 11 is 0. The summed E-state index contributed by atoms with van der Waals surface area (Å²) in [6.45, 7) is 3.70. The second-order valence-electron chi connectivity index (χ2n) is 3.61. The van der Waals surface area contributed by atoms with Crippen molar-refractivity contribution in [2.24, 2.45) is 0 Å². The second-order valence-corrected chi connectivity index (χ2v) is 3.61. The zero-order valence-electron chi connectivity index (χ0n) is 8.60.